The number of methoxy groups -OCH3 is 2. The lowest BCUT2D eigenvalue weighted by Crippen LogP contribution is -2.27. The fourth-order valence-electron chi connectivity index (χ4n) is 2.69. The number of nitrogens with zero attached hydrogens (tertiary/aromatic N) is 3. The van der Waals surface area contributed by atoms with E-state index in [1.165, 1.54) is 11.8 Å². The molecule has 0 saturated carbocycles. The van der Waals surface area contributed by atoms with Gasteiger partial charge in [0, 0.05) is 6.07 Å². The van der Waals surface area contributed by atoms with Crippen LogP contribution in [-0.4, -0.2) is 35.1 Å². The predicted octanol–water partition coefficient (Wildman–Crippen LogP) is 2.36. The Morgan fingerprint density at radius 2 is 1.81 bits per heavy atom. The van der Waals surface area contributed by atoms with E-state index in [-0.39, 0.29) is 17.6 Å². The van der Waals surface area contributed by atoms with E-state index in [1.54, 1.807) is 25.3 Å². The molecule has 1 amide bonds. The Balaban J connectivity index is 1.84. The molecule has 2 aromatic carbocycles. The van der Waals surface area contributed by atoms with Gasteiger partial charge in [0.05, 0.1) is 25.9 Å². The summed E-state index contributed by atoms with van der Waals surface area (Å²) in [5.74, 6) is 0.846. The summed E-state index contributed by atoms with van der Waals surface area (Å²) in [4.78, 5) is 12.6. The molecule has 3 N–H and O–H groups in total. The third-order valence-electron chi connectivity index (χ3n) is 4.18. The maximum atomic E-state index is 12.6. The van der Waals surface area contributed by atoms with Crippen molar-refractivity contribution >= 4 is 11.7 Å². The molecule has 3 rings (SSSR count). The zero-order valence-corrected chi connectivity index (χ0v) is 15.3. The molecule has 8 nitrogen and oxygen atoms in total. The lowest BCUT2D eigenvalue weighted by molar-refractivity contribution is 0.0935. The van der Waals surface area contributed by atoms with Crippen molar-refractivity contribution < 1.29 is 14.3 Å². The second kappa shape index (κ2) is 7.77. The minimum Gasteiger partial charge on any atom is -0.493 e. The van der Waals surface area contributed by atoms with Gasteiger partial charge in [-0.05, 0) is 24.6 Å². The first kappa shape index (κ1) is 18.2. The second-order valence-corrected chi connectivity index (χ2v) is 5.88. The molecule has 1 aromatic heterocycles. The van der Waals surface area contributed by atoms with Crippen molar-refractivity contribution in [3.8, 4) is 17.2 Å². The molecule has 0 saturated heterocycles. The number of nitrogens with two attached hydrogens (primary N) is 1. The van der Waals surface area contributed by atoms with Crippen LogP contribution < -0.4 is 20.5 Å². The summed E-state index contributed by atoms with van der Waals surface area (Å²) >= 11 is 0. The van der Waals surface area contributed by atoms with Gasteiger partial charge < -0.3 is 20.5 Å². The summed E-state index contributed by atoms with van der Waals surface area (Å²) in [6, 6.07) is 14.6. The molecule has 140 valence electrons. The van der Waals surface area contributed by atoms with Gasteiger partial charge in [-0.2, -0.15) is 4.68 Å². The first-order valence-corrected chi connectivity index (χ1v) is 8.34. The highest BCUT2D eigenvalue weighted by Crippen LogP contribution is 2.30. The number of hydrogen-bond acceptors (Lipinski definition) is 6. The van der Waals surface area contributed by atoms with Gasteiger partial charge in [0.15, 0.2) is 23.0 Å². The Labute approximate surface area is 156 Å². The number of nitrogen functional groups attached to an aromatic ring is 1. The van der Waals surface area contributed by atoms with Gasteiger partial charge in [0.25, 0.3) is 5.91 Å². The van der Waals surface area contributed by atoms with Crippen LogP contribution >= 0.6 is 0 Å². The van der Waals surface area contributed by atoms with Crippen molar-refractivity contribution in [2.75, 3.05) is 20.0 Å². The first-order chi connectivity index (χ1) is 13.0. The molecule has 3 aromatic rings. The van der Waals surface area contributed by atoms with Crippen LogP contribution in [0.25, 0.3) is 5.69 Å². The summed E-state index contributed by atoms with van der Waals surface area (Å²) in [6.45, 7) is 1.89. The maximum absolute atomic E-state index is 12.6. The normalized spacial score (nSPS) is 11.7. The van der Waals surface area contributed by atoms with Crippen molar-refractivity contribution in [2.24, 2.45) is 0 Å². The zero-order chi connectivity index (χ0) is 19.4. The molecule has 1 heterocycles. The number of carbonyl (C=O) groups is 1. The van der Waals surface area contributed by atoms with Gasteiger partial charge in [-0.3, -0.25) is 4.79 Å². The van der Waals surface area contributed by atoms with E-state index in [0.717, 1.165) is 5.56 Å². The molecule has 0 unspecified atom stereocenters. The highest BCUT2D eigenvalue weighted by molar-refractivity contribution is 5.96. The van der Waals surface area contributed by atoms with E-state index < -0.39 is 5.91 Å². The molecule has 1 atom stereocenters. The number of carbonyl (C=O) groups excluding carboxylic acids is 1. The first-order valence-electron chi connectivity index (χ1n) is 8.34. The topological polar surface area (TPSA) is 104 Å². The Bertz CT molecular complexity index is 940. The van der Waals surface area contributed by atoms with E-state index in [4.69, 9.17) is 15.2 Å². The van der Waals surface area contributed by atoms with E-state index >= 15 is 0 Å². The number of ether oxygens (including phenoxy) is 2. The summed E-state index contributed by atoms with van der Waals surface area (Å²) in [6.07, 6.45) is 0. The molecule has 8 heteroatoms. The minimum absolute atomic E-state index is 0.0626. The van der Waals surface area contributed by atoms with Crippen molar-refractivity contribution in [1.82, 2.24) is 20.3 Å². The van der Waals surface area contributed by atoms with Gasteiger partial charge >= 0.3 is 0 Å². The highest BCUT2D eigenvalue weighted by Gasteiger charge is 2.21. The van der Waals surface area contributed by atoms with Gasteiger partial charge in [-0.15, -0.1) is 5.10 Å². The van der Waals surface area contributed by atoms with E-state index in [0.29, 0.717) is 17.2 Å². The quantitative estimate of drug-likeness (QED) is 0.693. The van der Waals surface area contributed by atoms with Crippen molar-refractivity contribution in [1.29, 1.82) is 0 Å². The third kappa shape index (κ3) is 3.69. The average molecular weight is 367 g/mol. The van der Waals surface area contributed by atoms with E-state index in [9.17, 15) is 4.79 Å². The SMILES string of the molecule is COc1ccc(-n2nnc(C(=O)N[C@H](C)c3ccccc3)c2N)cc1OC. The number of nitrogens with one attached hydrogen (secondary N) is 1. The van der Waals surface area contributed by atoms with E-state index in [2.05, 4.69) is 15.6 Å². The monoisotopic (exact) mass is 367 g/mol. The Morgan fingerprint density at radius 3 is 2.48 bits per heavy atom. The summed E-state index contributed by atoms with van der Waals surface area (Å²) in [5, 5.41) is 10.8. The smallest absolute Gasteiger partial charge is 0.276 e. The zero-order valence-electron chi connectivity index (χ0n) is 15.3. The van der Waals surface area contributed by atoms with Crippen molar-refractivity contribution in [3.63, 3.8) is 0 Å². The van der Waals surface area contributed by atoms with Crippen LogP contribution in [0.15, 0.2) is 48.5 Å². The van der Waals surface area contributed by atoms with Gasteiger partial charge in [-0.25, -0.2) is 0 Å². The lowest BCUT2D eigenvalue weighted by Gasteiger charge is -2.13. The van der Waals surface area contributed by atoms with Gasteiger partial charge in [-0.1, -0.05) is 35.5 Å². The Hall–Kier alpha value is -3.55. The number of rotatable bonds is 6. The van der Waals surface area contributed by atoms with Crippen LogP contribution in [0.4, 0.5) is 5.82 Å². The summed E-state index contributed by atoms with van der Waals surface area (Å²) < 4.78 is 11.9. The number of benzene rings is 2. The fraction of sp³-hybridized carbons (Fsp3) is 0.211. The van der Waals surface area contributed by atoms with Crippen LogP contribution in [0, 0.1) is 0 Å². The summed E-state index contributed by atoms with van der Waals surface area (Å²) in [5.41, 5.74) is 7.77. The number of aromatic nitrogens is 3. The Kier molecular flexibility index (Phi) is 5.25. The van der Waals surface area contributed by atoms with Crippen LogP contribution in [0.3, 0.4) is 0 Å². The van der Waals surface area contributed by atoms with Gasteiger partial charge in [0.1, 0.15) is 0 Å². The minimum atomic E-state index is -0.393. The molecule has 0 aliphatic carbocycles. The molecular formula is C19H21N5O3. The molecule has 27 heavy (non-hydrogen) atoms. The van der Waals surface area contributed by atoms with Crippen LogP contribution in [0.5, 0.6) is 11.5 Å². The second-order valence-electron chi connectivity index (χ2n) is 5.88. The Morgan fingerprint density at radius 1 is 1.11 bits per heavy atom. The standard InChI is InChI=1S/C19H21N5O3/c1-12(13-7-5-4-6-8-13)21-19(25)17-18(20)24(23-22-17)14-9-10-15(26-2)16(11-14)27-3/h4-12H,20H2,1-3H3,(H,21,25)/t12-/m1/s1. The fourth-order valence-corrected chi connectivity index (χ4v) is 2.69. The average Bonchev–Trinajstić information content (AvgIpc) is 3.09. The van der Waals surface area contributed by atoms with Crippen LogP contribution in [0.2, 0.25) is 0 Å². The summed E-state index contributed by atoms with van der Waals surface area (Å²) in [7, 11) is 3.09. The number of hydrogen-bond donors (Lipinski definition) is 2. The molecule has 0 aliphatic heterocycles. The van der Waals surface area contributed by atoms with E-state index in [1.807, 2.05) is 37.3 Å². The molecule has 0 aliphatic rings. The molecular weight excluding hydrogens is 346 g/mol. The highest BCUT2D eigenvalue weighted by atomic mass is 16.5. The lowest BCUT2D eigenvalue weighted by atomic mass is 10.1. The van der Waals surface area contributed by atoms with Crippen molar-refractivity contribution in [2.45, 2.75) is 13.0 Å². The predicted molar refractivity (Wildman–Crippen MR) is 101 cm³/mol. The van der Waals surface area contributed by atoms with Gasteiger partial charge in [0.2, 0.25) is 0 Å². The number of anilines is 1. The molecule has 0 fully saturated rings. The number of amides is 1. The van der Waals surface area contributed by atoms with Crippen LogP contribution in [0.1, 0.15) is 29.0 Å². The third-order valence-corrected chi connectivity index (χ3v) is 4.18. The maximum Gasteiger partial charge on any atom is 0.276 e. The molecule has 0 bridgehead atoms. The molecule has 0 radical (unpaired) electrons. The van der Waals surface area contributed by atoms with Crippen molar-refractivity contribution in [3.05, 3.63) is 59.8 Å². The van der Waals surface area contributed by atoms with Crippen LogP contribution in [-0.2, 0) is 0 Å². The largest absolute Gasteiger partial charge is 0.493 e. The molecule has 0 spiro atoms.